The number of hydrogen-bond acceptors (Lipinski definition) is 0. The molecule has 3 aliphatic rings. The highest BCUT2D eigenvalue weighted by Crippen LogP contribution is 2.51. The lowest BCUT2D eigenvalue weighted by Crippen LogP contribution is -2.37. The molecule has 0 spiro atoms. The molecule has 0 bridgehead atoms. The third-order valence-corrected chi connectivity index (χ3v) is 9.78. The third-order valence-electron chi connectivity index (χ3n) is 9.78. The number of hydrogen-bond donors (Lipinski definition) is 0. The highest BCUT2D eigenvalue weighted by molar-refractivity contribution is 4.91. The summed E-state index contributed by atoms with van der Waals surface area (Å²) in [6.07, 6.45) is 21.3. The molecule has 0 radical (unpaired) electrons. The van der Waals surface area contributed by atoms with Gasteiger partial charge in [-0.1, -0.05) is 86.0 Å². The van der Waals surface area contributed by atoms with Crippen molar-refractivity contribution in [3.8, 4) is 0 Å². The molecule has 0 aromatic carbocycles. The van der Waals surface area contributed by atoms with Gasteiger partial charge in [0.05, 0.1) is 0 Å². The summed E-state index contributed by atoms with van der Waals surface area (Å²) >= 11 is 0. The monoisotopic (exact) mass is 374 g/mol. The maximum absolute atomic E-state index is 2.64. The summed E-state index contributed by atoms with van der Waals surface area (Å²) in [5.41, 5.74) is 0.590. The summed E-state index contributed by atoms with van der Waals surface area (Å²) < 4.78 is 0. The SMILES string of the molecule is CC1CCC(CCC2CCC(C(C)(C)C3CCC(C(C)C)CC3)CC2)CC1. The largest absolute Gasteiger partial charge is 0.0625 e. The van der Waals surface area contributed by atoms with Crippen LogP contribution in [0.25, 0.3) is 0 Å². The van der Waals surface area contributed by atoms with Gasteiger partial charge in [-0.05, 0) is 85.4 Å². The Balaban J connectivity index is 1.39. The van der Waals surface area contributed by atoms with Gasteiger partial charge in [-0.15, -0.1) is 0 Å². The average Bonchev–Trinajstić information content (AvgIpc) is 2.68. The topological polar surface area (TPSA) is 0 Å². The zero-order valence-electron chi connectivity index (χ0n) is 19.4. The van der Waals surface area contributed by atoms with Crippen LogP contribution in [0.3, 0.4) is 0 Å². The molecule has 0 unspecified atom stereocenters. The molecular weight excluding hydrogens is 324 g/mol. The standard InChI is InChI=1S/C27H50/c1-20(2)24-14-18-26(19-15-24)27(4,5)25-16-12-23(13-17-25)11-10-22-8-6-21(3)7-9-22/h20-26H,6-19H2,1-5H3. The molecule has 0 amide bonds. The van der Waals surface area contributed by atoms with E-state index in [1.807, 2.05) is 0 Å². The Morgan fingerprint density at radius 2 is 1.04 bits per heavy atom. The summed E-state index contributed by atoms with van der Waals surface area (Å²) in [4.78, 5) is 0. The van der Waals surface area contributed by atoms with Gasteiger partial charge < -0.3 is 0 Å². The smallest absolute Gasteiger partial charge is 0.0298 e. The van der Waals surface area contributed by atoms with Gasteiger partial charge in [0.2, 0.25) is 0 Å². The van der Waals surface area contributed by atoms with E-state index in [1.165, 1.54) is 64.2 Å². The predicted octanol–water partition coefficient (Wildman–Crippen LogP) is 8.89. The van der Waals surface area contributed by atoms with Crippen molar-refractivity contribution in [3.05, 3.63) is 0 Å². The van der Waals surface area contributed by atoms with Gasteiger partial charge in [-0.25, -0.2) is 0 Å². The fourth-order valence-corrected chi connectivity index (χ4v) is 7.15. The van der Waals surface area contributed by atoms with Gasteiger partial charge in [0, 0.05) is 0 Å². The van der Waals surface area contributed by atoms with Crippen LogP contribution in [0.15, 0.2) is 0 Å². The highest BCUT2D eigenvalue weighted by atomic mass is 14.5. The summed E-state index contributed by atoms with van der Waals surface area (Å²) in [6.45, 7) is 12.6. The minimum atomic E-state index is 0.590. The maximum atomic E-state index is 2.64. The van der Waals surface area contributed by atoms with Gasteiger partial charge in [-0.3, -0.25) is 0 Å². The predicted molar refractivity (Wildman–Crippen MR) is 120 cm³/mol. The quantitative estimate of drug-likeness (QED) is 0.435. The summed E-state index contributed by atoms with van der Waals surface area (Å²) in [5.74, 6) is 7.06. The van der Waals surface area contributed by atoms with Crippen LogP contribution in [0.2, 0.25) is 0 Å². The zero-order chi connectivity index (χ0) is 19.4. The van der Waals surface area contributed by atoms with Crippen LogP contribution < -0.4 is 0 Å². The molecule has 0 aromatic rings. The highest BCUT2D eigenvalue weighted by Gasteiger charge is 2.40. The van der Waals surface area contributed by atoms with E-state index in [2.05, 4.69) is 34.6 Å². The van der Waals surface area contributed by atoms with Crippen molar-refractivity contribution in [2.24, 2.45) is 46.8 Å². The lowest BCUT2D eigenvalue weighted by molar-refractivity contribution is 0.0323. The molecule has 0 nitrogen and oxygen atoms in total. The van der Waals surface area contributed by atoms with Crippen LogP contribution in [-0.4, -0.2) is 0 Å². The van der Waals surface area contributed by atoms with Crippen molar-refractivity contribution < 1.29 is 0 Å². The minimum absolute atomic E-state index is 0.590. The van der Waals surface area contributed by atoms with E-state index in [-0.39, 0.29) is 0 Å². The lowest BCUT2D eigenvalue weighted by atomic mass is 9.58. The fourth-order valence-electron chi connectivity index (χ4n) is 7.15. The second-order valence-electron chi connectivity index (χ2n) is 12.1. The van der Waals surface area contributed by atoms with Crippen molar-refractivity contribution in [2.45, 2.75) is 125 Å². The van der Waals surface area contributed by atoms with Gasteiger partial charge in [0.1, 0.15) is 0 Å². The molecule has 0 atom stereocenters. The molecule has 158 valence electrons. The fraction of sp³-hybridized carbons (Fsp3) is 1.00. The lowest BCUT2D eigenvalue weighted by Gasteiger charge is -2.47. The molecule has 0 heterocycles. The van der Waals surface area contributed by atoms with Crippen LogP contribution in [0.5, 0.6) is 0 Å². The molecule has 0 aromatic heterocycles. The molecule has 0 saturated heterocycles. The Hall–Kier alpha value is 0. The Kier molecular flexibility index (Phi) is 7.77. The average molecular weight is 375 g/mol. The number of rotatable bonds is 6. The molecule has 27 heavy (non-hydrogen) atoms. The Morgan fingerprint density at radius 1 is 0.630 bits per heavy atom. The van der Waals surface area contributed by atoms with Crippen LogP contribution in [0, 0.1) is 46.8 Å². The van der Waals surface area contributed by atoms with E-state index in [0.29, 0.717) is 5.41 Å². The second-order valence-corrected chi connectivity index (χ2v) is 12.1. The van der Waals surface area contributed by atoms with Crippen molar-refractivity contribution >= 4 is 0 Å². The van der Waals surface area contributed by atoms with Crippen LogP contribution in [0.4, 0.5) is 0 Å². The molecule has 3 rings (SSSR count). The summed E-state index contributed by atoms with van der Waals surface area (Å²) in [5, 5.41) is 0. The van der Waals surface area contributed by atoms with E-state index in [9.17, 15) is 0 Å². The summed E-state index contributed by atoms with van der Waals surface area (Å²) in [7, 11) is 0. The van der Waals surface area contributed by atoms with Crippen LogP contribution >= 0.6 is 0 Å². The minimum Gasteiger partial charge on any atom is -0.0625 e. The van der Waals surface area contributed by atoms with E-state index in [1.54, 1.807) is 25.7 Å². The van der Waals surface area contributed by atoms with E-state index < -0.39 is 0 Å². The molecule has 0 heteroatoms. The first kappa shape index (κ1) is 21.7. The molecule has 3 fully saturated rings. The first-order chi connectivity index (χ1) is 12.9. The zero-order valence-corrected chi connectivity index (χ0v) is 19.4. The Bertz CT molecular complexity index is 409. The molecule has 0 aliphatic heterocycles. The van der Waals surface area contributed by atoms with Crippen molar-refractivity contribution in [2.75, 3.05) is 0 Å². The van der Waals surface area contributed by atoms with E-state index in [4.69, 9.17) is 0 Å². The van der Waals surface area contributed by atoms with Crippen molar-refractivity contribution in [1.29, 1.82) is 0 Å². The molecular formula is C27H50. The molecule has 0 N–H and O–H groups in total. The van der Waals surface area contributed by atoms with Gasteiger partial charge >= 0.3 is 0 Å². The van der Waals surface area contributed by atoms with Gasteiger partial charge in [0.15, 0.2) is 0 Å². The van der Waals surface area contributed by atoms with Gasteiger partial charge in [-0.2, -0.15) is 0 Å². The normalized spacial score (nSPS) is 38.9. The van der Waals surface area contributed by atoms with Crippen molar-refractivity contribution in [3.63, 3.8) is 0 Å². The van der Waals surface area contributed by atoms with Crippen molar-refractivity contribution in [1.82, 2.24) is 0 Å². The first-order valence-corrected chi connectivity index (χ1v) is 12.9. The molecule has 3 saturated carbocycles. The van der Waals surface area contributed by atoms with Crippen LogP contribution in [0.1, 0.15) is 125 Å². The third kappa shape index (κ3) is 5.76. The summed E-state index contributed by atoms with van der Waals surface area (Å²) in [6, 6.07) is 0. The Labute approximate surface area is 171 Å². The van der Waals surface area contributed by atoms with Crippen LogP contribution in [-0.2, 0) is 0 Å². The van der Waals surface area contributed by atoms with E-state index in [0.717, 1.165) is 41.4 Å². The second kappa shape index (κ2) is 9.67. The Morgan fingerprint density at radius 3 is 1.48 bits per heavy atom. The first-order valence-electron chi connectivity index (χ1n) is 12.9. The molecule has 3 aliphatic carbocycles. The van der Waals surface area contributed by atoms with E-state index >= 15 is 0 Å². The maximum Gasteiger partial charge on any atom is -0.0298 e. The van der Waals surface area contributed by atoms with Gasteiger partial charge in [0.25, 0.3) is 0 Å².